The van der Waals surface area contributed by atoms with E-state index in [9.17, 15) is 0 Å². The van der Waals surface area contributed by atoms with Gasteiger partial charge in [0.2, 0.25) is 11.7 Å². The average molecular weight is 342 g/mol. The van der Waals surface area contributed by atoms with Crippen molar-refractivity contribution < 1.29 is 14.2 Å². The zero-order valence-electron chi connectivity index (χ0n) is 15.0. The van der Waals surface area contributed by atoms with Gasteiger partial charge in [0.15, 0.2) is 11.5 Å². The lowest BCUT2D eigenvalue weighted by molar-refractivity contribution is 0.323. The second-order valence-corrected chi connectivity index (χ2v) is 5.38. The van der Waals surface area contributed by atoms with Crippen LogP contribution in [0.15, 0.2) is 12.1 Å². The summed E-state index contributed by atoms with van der Waals surface area (Å²) in [5, 5.41) is 0. The topological polar surface area (TPSA) is 106 Å². The summed E-state index contributed by atoms with van der Waals surface area (Å²) in [5.74, 6) is 8.20. The van der Waals surface area contributed by atoms with Crippen LogP contribution in [0.5, 0.6) is 17.2 Å². The largest absolute Gasteiger partial charge is 0.493 e. The number of nitrogens with zero attached hydrogens (tertiary/aromatic N) is 2. The summed E-state index contributed by atoms with van der Waals surface area (Å²) in [7, 11) is 4.72. The van der Waals surface area contributed by atoms with E-state index in [1.54, 1.807) is 28.3 Å². The van der Waals surface area contributed by atoms with Crippen molar-refractivity contribution in [2.75, 3.05) is 32.8 Å². The smallest absolute Gasteiger partial charge is 0.222 e. The molecule has 0 radical (unpaired) electrons. The zero-order valence-corrected chi connectivity index (χ0v) is 15.0. The number of aromatic nitrogens is 2. The lowest BCUT2D eigenvalue weighted by Crippen LogP contribution is -2.05. The molecule has 4 N–H and O–H groups in total. The number of benzene rings is 1. The summed E-state index contributed by atoms with van der Waals surface area (Å²) in [6.45, 7) is 3.76. The Kier molecular flexibility index (Phi) is 5.55. The summed E-state index contributed by atoms with van der Waals surface area (Å²) in [4.78, 5) is 8.04. The standard InChI is InChI=1S/C18H22N4O3/c1-10(6-7-13-11(2)21-18(20)22-17(13)19)12-8-14(23-3)16(25-5)15(9-12)24-4/h8-10H,1-5H3,(H4,19,20,21,22)/t10-/m1/s1. The lowest BCUT2D eigenvalue weighted by Gasteiger charge is -2.15. The second-order valence-electron chi connectivity index (χ2n) is 5.38. The molecule has 0 bridgehead atoms. The molecule has 1 aromatic heterocycles. The summed E-state index contributed by atoms with van der Waals surface area (Å²) < 4.78 is 16.1. The number of nitrogens with two attached hydrogens (primary N) is 2. The van der Waals surface area contributed by atoms with E-state index in [2.05, 4.69) is 21.8 Å². The molecule has 0 spiro atoms. The number of hydrogen-bond donors (Lipinski definition) is 2. The van der Waals surface area contributed by atoms with Crippen molar-refractivity contribution >= 4 is 11.8 Å². The molecule has 0 amide bonds. The first kappa shape index (κ1) is 18.2. The number of nitrogen functional groups attached to an aromatic ring is 2. The fourth-order valence-electron chi connectivity index (χ4n) is 2.39. The van der Waals surface area contributed by atoms with Gasteiger partial charge in [0.1, 0.15) is 5.82 Å². The Morgan fingerprint density at radius 1 is 1.00 bits per heavy atom. The molecule has 0 unspecified atom stereocenters. The molecule has 1 aromatic carbocycles. The normalized spacial score (nSPS) is 11.2. The SMILES string of the molecule is COc1cc([C@H](C)C#Cc2c(C)nc(N)nc2N)cc(OC)c1OC. The van der Waals surface area contributed by atoms with Crippen LogP contribution in [0.25, 0.3) is 0 Å². The van der Waals surface area contributed by atoms with Crippen LogP contribution in [-0.4, -0.2) is 31.3 Å². The maximum atomic E-state index is 5.89. The Hall–Kier alpha value is -3.14. The van der Waals surface area contributed by atoms with Crippen molar-refractivity contribution in [1.29, 1.82) is 0 Å². The quantitative estimate of drug-likeness (QED) is 0.820. The average Bonchev–Trinajstić information content (AvgIpc) is 2.59. The molecule has 0 saturated carbocycles. The number of anilines is 2. The van der Waals surface area contributed by atoms with Gasteiger partial charge < -0.3 is 25.7 Å². The van der Waals surface area contributed by atoms with E-state index < -0.39 is 0 Å². The zero-order chi connectivity index (χ0) is 18.6. The van der Waals surface area contributed by atoms with Gasteiger partial charge in [0, 0.05) is 5.92 Å². The lowest BCUT2D eigenvalue weighted by atomic mass is 10.00. The molecule has 0 saturated heterocycles. The number of rotatable bonds is 4. The molecule has 7 nitrogen and oxygen atoms in total. The van der Waals surface area contributed by atoms with E-state index in [1.807, 2.05) is 19.1 Å². The van der Waals surface area contributed by atoms with Crippen molar-refractivity contribution in [2.45, 2.75) is 19.8 Å². The third kappa shape index (κ3) is 3.86. The van der Waals surface area contributed by atoms with Gasteiger partial charge in [-0.3, -0.25) is 0 Å². The van der Waals surface area contributed by atoms with E-state index in [4.69, 9.17) is 25.7 Å². The van der Waals surface area contributed by atoms with Gasteiger partial charge in [0.25, 0.3) is 0 Å². The molecule has 2 rings (SSSR count). The molecule has 0 aliphatic rings. The first-order valence-corrected chi connectivity index (χ1v) is 7.62. The minimum absolute atomic E-state index is 0.106. The van der Waals surface area contributed by atoms with Crippen LogP contribution < -0.4 is 25.7 Å². The van der Waals surface area contributed by atoms with Gasteiger partial charge in [-0.25, -0.2) is 4.98 Å². The Labute approximate surface area is 147 Å². The van der Waals surface area contributed by atoms with Crippen LogP contribution in [0.3, 0.4) is 0 Å². The summed E-state index contributed by atoms with van der Waals surface area (Å²) in [5.41, 5.74) is 13.6. The van der Waals surface area contributed by atoms with E-state index in [0.717, 1.165) is 5.56 Å². The second kappa shape index (κ2) is 7.62. The number of methoxy groups -OCH3 is 3. The van der Waals surface area contributed by atoms with Crippen LogP contribution in [0, 0.1) is 18.8 Å². The van der Waals surface area contributed by atoms with Crippen LogP contribution in [-0.2, 0) is 0 Å². The highest BCUT2D eigenvalue weighted by molar-refractivity contribution is 5.57. The monoisotopic (exact) mass is 342 g/mol. The minimum atomic E-state index is -0.106. The van der Waals surface area contributed by atoms with Gasteiger partial charge >= 0.3 is 0 Å². The molecule has 0 aliphatic carbocycles. The highest BCUT2D eigenvalue weighted by Crippen LogP contribution is 2.39. The van der Waals surface area contributed by atoms with Crippen molar-refractivity contribution in [1.82, 2.24) is 9.97 Å². The molecule has 0 aliphatic heterocycles. The van der Waals surface area contributed by atoms with E-state index >= 15 is 0 Å². The Morgan fingerprint density at radius 3 is 2.08 bits per heavy atom. The molecular formula is C18H22N4O3. The maximum Gasteiger partial charge on any atom is 0.222 e. The Morgan fingerprint density at radius 2 is 1.60 bits per heavy atom. The molecule has 1 heterocycles. The van der Waals surface area contributed by atoms with Crippen LogP contribution in [0.4, 0.5) is 11.8 Å². The van der Waals surface area contributed by atoms with E-state index in [-0.39, 0.29) is 17.7 Å². The van der Waals surface area contributed by atoms with Gasteiger partial charge in [0.05, 0.1) is 32.6 Å². The molecular weight excluding hydrogens is 320 g/mol. The maximum absolute atomic E-state index is 5.89. The Bertz CT molecular complexity index is 792. The van der Waals surface area contributed by atoms with Crippen LogP contribution in [0.2, 0.25) is 0 Å². The molecule has 132 valence electrons. The van der Waals surface area contributed by atoms with Gasteiger partial charge in [-0.2, -0.15) is 4.98 Å². The summed E-state index contributed by atoms with van der Waals surface area (Å²) >= 11 is 0. The van der Waals surface area contributed by atoms with Crippen LogP contribution in [0.1, 0.15) is 29.7 Å². The van der Waals surface area contributed by atoms with Crippen molar-refractivity contribution in [3.8, 4) is 29.1 Å². The third-order valence-corrected chi connectivity index (χ3v) is 3.74. The predicted octanol–water partition coefficient (Wildman–Crippen LogP) is 2.13. The highest BCUT2D eigenvalue weighted by Gasteiger charge is 2.15. The minimum Gasteiger partial charge on any atom is -0.493 e. The molecule has 7 heteroatoms. The number of hydrogen-bond acceptors (Lipinski definition) is 7. The highest BCUT2D eigenvalue weighted by atomic mass is 16.5. The summed E-state index contributed by atoms with van der Waals surface area (Å²) in [6, 6.07) is 3.74. The van der Waals surface area contributed by atoms with Crippen LogP contribution >= 0.6 is 0 Å². The first-order chi connectivity index (χ1) is 11.9. The van der Waals surface area contributed by atoms with E-state index in [1.165, 1.54) is 0 Å². The van der Waals surface area contributed by atoms with Gasteiger partial charge in [-0.05, 0) is 31.5 Å². The predicted molar refractivity (Wildman–Crippen MR) is 97.0 cm³/mol. The number of ether oxygens (including phenoxy) is 3. The van der Waals surface area contributed by atoms with Gasteiger partial charge in [-0.1, -0.05) is 11.8 Å². The van der Waals surface area contributed by atoms with Crippen molar-refractivity contribution in [3.63, 3.8) is 0 Å². The third-order valence-electron chi connectivity index (χ3n) is 3.74. The molecule has 2 aromatic rings. The Balaban J connectivity index is 2.42. The van der Waals surface area contributed by atoms with Crippen molar-refractivity contribution in [2.24, 2.45) is 0 Å². The summed E-state index contributed by atoms with van der Waals surface area (Å²) in [6.07, 6.45) is 0. The van der Waals surface area contributed by atoms with Crippen molar-refractivity contribution in [3.05, 3.63) is 29.0 Å². The molecule has 0 fully saturated rings. The molecule has 25 heavy (non-hydrogen) atoms. The fourth-order valence-corrected chi connectivity index (χ4v) is 2.39. The molecule has 1 atom stereocenters. The van der Waals surface area contributed by atoms with Gasteiger partial charge in [-0.15, -0.1) is 0 Å². The number of aryl methyl sites for hydroxylation is 1. The van der Waals surface area contributed by atoms with E-state index in [0.29, 0.717) is 28.5 Å². The first-order valence-electron chi connectivity index (χ1n) is 7.62. The fraction of sp³-hybridized carbons (Fsp3) is 0.333.